The number of ether oxygens (including phenoxy) is 2. The Kier molecular flexibility index (Phi) is 6.01. The number of hydrogen-bond donors (Lipinski definition) is 1. The molecule has 0 aromatic heterocycles. The lowest BCUT2D eigenvalue weighted by Gasteiger charge is -2.05. The van der Waals surface area contributed by atoms with Gasteiger partial charge in [0.25, 0.3) is 0 Å². The standard InChI is InChI=1S/C11H11ClF2N2O3/c1-2-18-10(17)9(12)16-15-7-3-5-8(6-4-7)19-11(13)14/h3-6,11,15H,2H2,1H3/b16-9-. The summed E-state index contributed by atoms with van der Waals surface area (Å²) in [5.74, 6) is -0.740. The van der Waals surface area contributed by atoms with Gasteiger partial charge in [0, 0.05) is 0 Å². The van der Waals surface area contributed by atoms with Gasteiger partial charge in [-0.2, -0.15) is 13.9 Å². The van der Waals surface area contributed by atoms with Gasteiger partial charge in [-0.05, 0) is 31.2 Å². The van der Waals surface area contributed by atoms with Gasteiger partial charge in [-0.1, -0.05) is 11.6 Å². The van der Waals surface area contributed by atoms with Crippen LogP contribution in [0.25, 0.3) is 0 Å². The lowest BCUT2D eigenvalue weighted by Crippen LogP contribution is -2.13. The van der Waals surface area contributed by atoms with E-state index < -0.39 is 12.6 Å². The monoisotopic (exact) mass is 292 g/mol. The van der Waals surface area contributed by atoms with E-state index in [9.17, 15) is 13.6 Å². The summed E-state index contributed by atoms with van der Waals surface area (Å²) >= 11 is 5.55. The van der Waals surface area contributed by atoms with Crippen LogP contribution in [0.5, 0.6) is 5.75 Å². The van der Waals surface area contributed by atoms with Crippen LogP contribution < -0.4 is 10.2 Å². The molecular weight excluding hydrogens is 282 g/mol. The van der Waals surface area contributed by atoms with Crippen LogP contribution in [0.15, 0.2) is 29.4 Å². The van der Waals surface area contributed by atoms with E-state index in [-0.39, 0.29) is 17.5 Å². The van der Waals surface area contributed by atoms with Crippen LogP contribution in [0.4, 0.5) is 14.5 Å². The Labute approximate surface area is 113 Å². The van der Waals surface area contributed by atoms with Gasteiger partial charge in [-0.3, -0.25) is 5.43 Å². The number of halogens is 3. The number of carbonyl (C=O) groups excluding carboxylic acids is 1. The molecule has 0 bridgehead atoms. The van der Waals surface area contributed by atoms with Crippen LogP contribution in [-0.4, -0.2) is 24.4 Å². The SMILES string of the molecule is CCOC(=O)/C(Cl)=N/Nc1ccc(OC(F)F)cc1. The van der Waals surface area contributed by atoms with E-state index in [0.29, 0.717) is 5.69 Å². The minimum absolute atomic E-state index is 0.0148. The van der Waals surface area contributed by atoms with Crippen LogP contribution in [0.2, 0.25) is 0 Å². The molecule has 104 valence electrons. The molecule has 0 radical (unpaired) electrons. The molecule has 5 nitrogen and oxygen atoms in total. The summed E-state index contributed by atoms with van der Waals surface area (Å²) in [7, 11) is 0. The summed E-state index contributed by atoms with van der Waals surface area (Å²) in [5.41, 5.74) is 2.92. The van der Waals surface area contributed by atoms with Gasteiger partial charge in [0.15, 0.2) is 0 Å². The molecule has 0 saturated heterocycles. The highest BCUT2D eigenvalue weighted by Crippen LogP contribution is 2.17. The van der Waals surface area contributed by atoms with Gasteiger partial charge in [-0.15, -0.1) is 0 Å². The third kappa shape index (κ3) is 5.52. The van der Waals surface area contributed by atoms with Crippen molar-refractivity contribution in [1.82, 2.24) is 0 Å². The molecule has 0 fully saturated rings. The van der Waals surface area contributed by atoms with Crippen molar-refractivity contribution in [3.05, 3.63) is 24.3 Å². The van der Waals surface area contributed by atoms with Gasteiger partial charge in [-0.25, -0.2) is 4.79 Å². The Morgan fingerprint density at radius 2 is 2.05 bits per heavy atom. The smallest absolute Gasteiger partial charge is 0.387 e. The molecule has 1 rings (SSSR count). The topological polar surface area (TPSA) is 59.9 Å². The first kappa shape index (κ1) is 15.2. The fourth-order valence-electron chi connectivity index (χ4n) is 1.06. The number of alkyl halides is 2. The molecule has 0 aliphatic carbocycles. The predicted molar refractivity (Wildman–Crippen MR) is 66.6 cm³/mol. The van der Waals surface area contributed by atoms with Crippen LogP contribution >= 0.6 is 11.6 Å². The van der Waals surface area contributed by atoms with E-state index >= 15 is 0 Å². The number of carbonyl (C=O) groups is 1. The lowest BCUT2D eigenvalue weighted by molar-refractivity contribution is -0.134. The molecule has 0 aliphatic heterocycles. The van der Waals surface area contributed by atoms with Crippen LogP contribution in [-0.2, 0) is 9.53 Å². The molecule has 0 spiro atoms. The first-order valence-corrected chi connectivity index (χ1v) is 5.62. The zero-order valence-electron chi connectivity index (χ0n) is 9.90. The van der Waals surface area contributed by atoms with E-state index in [4.69, 9.17) is 11.6 Å². The lowest BCUT2D eigenvalue weighted by atomic mass is 10.3. The Balaban J connectivity index is 2.58. The second-order valence-electron chi connectivity index (χ2n) is 3.14. The Morgan fingerprint density at radius 1 is 1.42 bits per heavy atom. The number of hydrazone groups is 1. The second kappa shape index (κ2) is 7.52. The Morgan fingerprint density at radius 3 is 2.58 bits per heavy atom. The first-order chi connectivity index (χ1) is 9.02. The molecule has 1 aromatic rings. The van der Waals surface area contributed by atoms with Crippen molar-refractivity contribution in [2.75, 3.05) is 12.0 Å². The summed E-state index contributed by atoms with van der Waals surface area (Å²) in [5, 5.41) is 3.21. The maximum atomic E-state index is 11.9. The molecule has 0 saturated carbocycles. The minimum Gasteiger partial charge on any atom is -0.461 e. The summed E-state index contributed by atoms with van der Waals surface area (Å²) in [6.07, 6.45) is 0. The highest BCUT2D eigenvalue weighted by molar-refractivity contribution is 6.82. The van der Waals surface area contributed by atoms with Crippen molar-refractivity contribution >= 4 is 28.4 Å². The second-order valence-corrected chi connectivity index (χ2v) is 3.50. The molecule has 0 amide bonds. The zero-order chi connectivity index (χ0) is 14.3. The summed E-state index contributed by atoms with van der Waals surface area (Å²) in [6, 6.07) is 5.53. The van der Waals surface area contributed by atoms with Crippen molar-refractivity contribution in [1.29, 1.82) is 0 Å². The summed E-state index contributed by atoms with van der Waals surface area (Å²) in [4.78, 5) is 11.1. The number of esters is 1. The Bertz CT molecular complexity index is 452. The fraction of sp³-hybridized carbons (Fsp3) is 0.273. The van der Waals surface area contributed by atoms with Gasteiger partial charge >= 0.3 is 12.6 Å². The minimum atomic E-state index is -2.88. The molecule has 0 atom stereocenters. The zero-order valence-corrected chi connectivity index (χ0v) is 10.7. The third-order valence-electron chi connectivity index (χ3n) is 1.81. The van der Waals surface area contributed by atoms with Crippen molar-refractivity contribution < 1.29 is 23.0 Å². The van der Waals surface area contributed by atoms with E-state index in [0.717, 1.165) is 0 Å². The average Bonchev–Trinajstić information content (AvgIpc) is 2.37. The fourth-order valence-corrected chi connectivity index (χ4v) is 1.16. The molecule has 0 heterocycles. The molecule has 1 N–H and O–H groups in total. The highest BCUT2D eigenvalue weighted by atomic mass is 35.5. The van der Waals surface area contributed by atoms with E-state index in [1.165, 1.54) is 24.3 Å². The number of nitrogens with one attached hydrogen (secondary N) is 1. The number of hydrogen-bond acceptors (Lipinski definition) is 5. The van der Waals surface area contributed by atoms with Crippen LogP contribution in [0.1, 0.15) is 6.92 Å². The third-order valence-corrected chi connectivity index (χ3v) is 2.05. The van der Waals surface area contributed by atoms with Crippen molar-refractivity contribution in [2.24, 2.45) is 5.10 Å². The summed E-state index contributed by atoms with van der Waals surface area (Å²) < 4.78 is 32.6. The highest BCUT2D eigenvalue weighted by Gasteiger charge is 2.09. The van der Waals surface area contributed by atoms with Gasteiger partial charge in [0.1, 0.15) is 5.75 Å². The van der Waals surface area contributed by atoms with E-state index in [1.807, 2.05) is 0 Å². The molecule has 19 heavy (non-hydrogen) atoms. The number of nitrogens with zero attached hydrogens (tertiary/aromatic N) is 1. The quantitative estimate of drug-likeness (QED) is 0.497. The molecule has 0 aliphatic rings. The number of rotatable bonds is 6. The maximum absolute atomic E-state index is 11.9. The van der Waals surface area contributed by atoms with Gasteiger partial charge < -0.3 is 9.47 Å². The Hall–Kier alpha value is -1.89. The summed E-state index contributed by atoms with van der Waals surface area (Å²) in [6.45, 7) is -1.06. The number of anilines is 1. The largest absolute Gasteiger partial charge is 0.461 e. The maximum Gasteiger partial charge on any atom is 0.387 e. The van der Waals surface area contributed by atoms with Gasteiger partial charge in [0.2, 0.25) is 5.17 Å². The predicted octanol–water partition coefficient (Wildman–Crippen LogP) is 2.82. The van der Waals surface area contributed by atoms with Crippen molar-refractivity contribution in [3.63, 3.8) is 0 Å². The van der Waals surface area contributed by atoms with E-state index in [1.54, 1.807) is 6.92 Å². The number of benzene rings is 1. The molecule has 1 aromatic carbocycles. The van der Waals surface area contributed by atoms with E-state index in [2.05, 4.69) is 20.0 Å². The van der Waals surface area contributed by atoms with Gasteiger partial charge in [0.05, 0.1) is 12.3 Å². The molecule has 8 heteroatoms. The van der Waals surface area contributed by atoms with Crippen LogP contribution in [0, 0.1) is 0 Å². The van der Waals surface area contributed by atoms with Crippen molar-refractivity contribution in [2.45, 2.75) is 13.5 Å². The first-order valence-electron chi connectivity index (χ1n) is 5.24. The normalized spacial score (nSPS) is 11.3. The molecular formula is C11H11ClF2N2O3. The molecule has 0 unspecified atom stereocenters. The van der Waals surface area contributed by atoms with Crippen molar-refractivity contribution in [3.8, 4) is 5.75 Å². The average molecular weight is 293 g/mol. The van der Waals surface area contributed by atoms with Crippen LogP contribution in [0.3, 0.4) is 0 Å².